The Kier molecular flexibility index (Phi) is 6.19. The number of nitrogens with zero attached hydrogens (tertiary/aromatic N) is 1. The van der Waals surface area contributed by atoms with Gasteiger partial charge in [0.1, 0.15) is 0 Å². The van der Waals surface area contributed by atoms with Crippen molar-refractivity contribution in [2.75, 3.05) is 11.1 Å². The maximum atomic E-state index is 12.0. The van der Waals surface area contributed by atoms with Crippen LogP contribution in [0.2, 0.25) is 9.36 Å². The van der Waals surface area contributed by atoms with Crippen molar-refractivity contribution in [2.24, 2.45) is 0 Å². The van der Waals surface area contributed by atoms with Gasteiger partial charge in [0.25, 0.3) is 0 Å². The maximum Gasteiger partial charge on any atom is 0.226 e. The van der Waals surface area contributed by atoms with Gasteiger partial charge in [-0.15, -0.1) is 34.4 Å². The summed E-state index contributed by atoms with van der Waals surface area (Å²) in [6.07, 6.45) is 0.424. The largest absolute Gasteiger partial charge is 0.302 e. The smallest absolute Gasteiger partial charge is 0.226 e. The lowest BCUT2D eigenvalue weighted by atomic mass is 10.4. The minimum Gasteiger partial charge on any atom is -0.302 e. The zero-order valence-electron chi connectivity index (χ0n) is 12.3. The Labute approximate surface area is 162 Å². The highest BCUT2D eigenvalue weighted by Crippen LogP contribution is 2.32. The van der Waals surface area contributed by atoms with Crippen LogP contribution >= 0.6 is 57.6 Å². The van der Waals surface area contributed by atoms with Crippen LogP contribution in [0.25, 0.3) is 10.6 Å². The highest BCUT2D eigenvalue weighted by molar-refractivity contribution is 7.99. The van der Waals surface area contributed by atoms with Crippen molar-refractivity contribution in [2.45, 2.75) is 11.3 Å². The van der Waals surface area contributed by atoms with Gasteiger partial charge in [-0.1, -0.05) is 23.2 Å². The van der Waals surface area contributed by atoms with E-state index >= 15 is 0 Å². The van der Waals surface area contributed by atoms with Crippen molar-refractivity contribution in [3.05, 3.63) is 51.1 Å². The van der Waals surface area contributed by atoms with Crippen molar-refractivity contribution >= 4 is 68.7 Å². The lowest BCUT2D eigenvalue weighted by molar-refractivity contribution is -0.115. The Morgan fingerprint density at radius 1 is 1.17 bits per heavy atom. The molecule has 3 nitrogen and oxygen atoms in total. The number of thiazole rings is 1. The van der Waals surface area contributed by atoms with Gasteiger partial charge < -0.3 is 5.32 Å². The van der Waals surface area contributed by atoms with E-state index in [1.54, 1.807) is 11.8 Å². The molecule has 0 aliphatic heterocycles. The fourth-order valence-corrected chi connectivity index (χ4v) is 4.65. The number of thiophene rings is 1. The lowest BCUT2D eigenvalue weighted by Gasteiger charge is -2.02. The van der Waals surface area contributed by atoms with Crippen LogP contribution in [0.15, 0.2) is 46.7 Å². The molecule has 0 bridgehead atoms. The molecule has 124 valence electrons. The summed E-state index contributed by atoms with van der Waals surface area (Å²) in [5, 5.41) is 6.08. The number of nitrogens with one attached hydrogen (secondary N) is 1. The molecule has 24 heavy (non-hydrogen) atoms. The van der Waals surface area contributed by atoms with E-state index in [0.717, 1.165) is 19.8 Å². The molecule has 2 heterocycles. The molecule has 0 atom stereocenters. The van der Waals surface area contributed by atoms with Crippen molar-refractivity contribution in [3.63, 3.8) is 0 Å². The van der Waals surface area contributed by atoms with Gasteiger partial charge in [-0.25, -0.2) is 4.98 Å². The minimum atomic E-state index is -0.0402. The molecular weight excluding hydrogens is 403 g/mol. The molecule has 0 radical (unpaired) electrons. The summed E-state index contributed by atoms with van der Waals surface area (Å²) in [7, 11) is 0. The van der Waals surface area contributed by atoms with Crippen LogP contribution < -0.4 is 5.32 Å². The third-order valence-corrected chi connectivity index (χ3v) is 6.26. The van der Waals surface area contributed by atoms with Crippen LogP contribution in [-0.2, 0) is 4.79 Å². The molecule has 8 heteroatoms. The zero-order chi connectivity index (χ0) is 16.9. The molecular formula is C16H12Cl2N2OS3. The predicted molar refractivity (Wildman–Crippen MR) is 106 cm³/mol. The summed E-state index contributed by atoms with van der Waals surface area (Å²) in [5.74, 6) is 0.660. The summed E-state index contributed by atoms with van der Waals surface area (Å²) in [5.41, 5.74) is 0.836. The monoisotopic (exact) mass is 414 g/mol. The Hall–Kier alpha value is -1.05. The molecule has 0 fully saturated rings. The Balaban J connectivity index is 1.48. The van der Waals surface area contributed by atoms with Crippen molar-refractivity contribution in [1.82, 2.24) is 4.98 Å². The van der Waals surface area contributed by atoms with Crippen LogP contribution in [0, 0.1) is 0 Å². The average molecular weight is 415 g/mol. The van der Waals surface area contributed by atoms with Crippen molar-refractivity contribution < 1.29 is 4.79 Å². The third-order valence-electron chi connectivity index (χ3n) is 2.99. The minimum absolute atomic E-state index is 0.0402. The number of halogens is 2. The van der Waals surface area contributed by atoms with Gasteiger partial charge in [0.15, 0.2) is 5.13 Å². The summed E-state index contributed by atoms with van der Waals surface area (Å²) >= 11 is 16.3. The van der Waals surface area contributed by atoms with E-state index < -0.39 is 0 Å². The predicted octanol–water partition coefficient (Wildman–Crippen LogP) is 6.30. The first-order chi connectivity index (χ1) is 11.6. The number of carbonyl (C=O) groups excluding carboxylic acids is 1. The van der Waals surface area contributed by atoms with Gasteiger partial charge in [0.2, 0.25) is 5.91 Å². The molecule has 0 saturated heterocycles. The van der Waals surface area contributed by atoms with E-state index in [2.05, 4.69) is 10.3 Å². The van der Waals surface area contributed by atoms with E-state index in [0.29, 0.717) is 22.3 Å². The van der Waals surface area contributed by atoms with E-state index in [-0.39, 0.29) is 5.91 Å². The third kappa shape index (κ3) is 4.97. The highest BCUT2D eigenvalue weighted by Gasteiger charge is 2.09. The number of anilines is 1. The Morgan fingerprint density at radius 2 is 1.96 bits per heavy atom. The van der Waals surface area contributed by atoms with Crippen LogP contribution in [-0.4, -0.2) is 16.6 Å². The number of amides is 1. The van der Waals surface area contributed by atoms with Gasteiger partial charge in [0.05, 0.1) is 14.9 Å². The first kappa shape index (κ1) is 17.8. The second kappa shape index (κ2) is 8.36. The molecule has 0 saturated carbocycles. The van der Waals surface area contributed by atoms with Gasteiger partial charge in [0, 0.05) is 27.5 Å². The molecule has 3 aromatic rings. The number of thioether (sulfide) groups is 1. The lowest BCUT2D eigenvalue weighted by Crippen LogP contribution is -2.11. The SMILES string of the molecule is O=C(CCSc1ccc(Cl)cc1)Nc1nc(-c2ccc(Cl)s2)cs1. The fourth-order valence-electron chi connectivity index (χ4n) is 1.87. The zero-order valence-corrected chi connectivity index (χ0v) is 16.3. The van der Waals surface area contributed by atoms with Crippen LogP contribution in [0.5, 0.6) is 0 Å². The van der Waals surface area contributed by atoms with E-state index in [1.165, 1.54) is 22.7 Å². The molecule has 2 aromatic heterocycles. The number of benzene rings is 1. The molecule has 0 spiro atoms. The Morgan fingerprint density at radius 3 is 2.67 bits per heavy atom. The van der Waals surface area contributed by atoms with Gasteiger partial charge in [-0.3, -0.25) is 4.79 Å². The summed E-state index contributed by atoms with van der Waals surface area (Å²) in [6, 6.07) is 11.4. The molecule has 0 unspecified atom stereocenters. The normalized spacial score (nSPS) is 10.8. The number of rotatable bonds is 6. The summed E-state index contributed by atoms with van der Waals surface area (Å²) < 4.78 is 0.725. The van der Waals surface area contributed by atoms with Crippen LogP contribution in [0.1, 0.15) is 6.42 Å². The van der Waals surface area contributed by atoms with Gasteiger partial charge in [-0.2, -0.15) is 0 Å². The molecule has 3 rings (SSSR count). The molecule has 0 aliphatic carbocycles. The van der Waals surface area contributed by atoms with Crippen LogP contribution in [0.4, 0.5) is 5.13 Å². The number of hydrogen-bond acceptors (Lipinski definition) is 5. The molecule has 1 aromatic carbocycles. The molecule has 0 aliphatic rings. The quantitative estimate of drug-likeness (QED) is 0.481. The molecule has 1 amide bonds. The Bertz CT molecular complexity index is 830. The van der Waals surface area contributed by atoms with Crippen molar-refractivity contribution in [3.8, 4) is 10.6 Å². The first-order valence-electron chi connectivity index (χ1n) is 6.99. The van der Waals surface area contributed by atoms with Crippen LogP contribution in [0.3, 0.4) is 0 Å². The second-order valence-corrected chi connectivity index (χ2v) is 8.92. The maximum absolute atomic E-state index is 12.0. The molecule has 1 N–H and O–H groups in total. The fraction of sp³-hybridized carbons (Fsp3) is 0.125. The van der Waals surface area contributed by atoms with E-state index in [4.69, 9.17) is 23.2 Å². The van der Waals surface area contributed by atoms with Crippen molar-refractivity contribution in [1.29, 1.82) is 0 Å². The summed E-state index contributed by atoms with van der Waals surface area (Å²) in [4.78, 5) is 18.5. The second-order valence-electron chi connectivity index (χ2n) is 4.74. The topological polar surface area (TPSA) is 42.0 Å². The van der Waals surface area contributed by atoms with Gasteiger partial charge in [-0.05, 0) is 36.4 Å². The summed E-state index contributed by atoms with van der Waals surface area (Å²) in [6.45, 7) is 0. The average Bonchev–Trinajstić information content (AvgIpc) is 3.18. The van der Waals surface area contributed by atoms with E-state index in [9.17, 15) is 4.79 Å². The number of carbonyl (C=O) groups is 1. The standard InChI is InChI=1S/C16H12Cl2N2OS3/c17-10-1-3-11(4-2-10)22-8-7-15(21)20-16-19-12(9-23-16)13-5-6-14(18)24-13/h1-6,9H,7-8H2,(H,19,20,21). The van der Waals surface area contributed by atoms with Gasteiger partial charge >= 0.3 is 0 Å². The highest BCUT2D eigenvalue weighted by atomic mass is 35.5. The first-order valence-corrected chi connectivity index (χ1v) is 10.4. The number of hydrogen-bond donors (Lipinski definition) is 1. The number of aromatic nitrogens is 1. The van der Waals surface area contributed by atoms with E-state index in [1.807, 2.05) is 41.8 Å².